The number of halogens is 1. The monoisotopic (exact) mass is 377 g/mol. The number of methoxy groups -OCH3 is 1. The summed E-state index contributed by atoms with van der Waals surface area (Å²) in [7, 11) is 3.89. The second-order valence-electron chi connectivity index (χ2n) is 7.23. The first-order valence-corrected chi connectivity index (χ1v) is 9.00. The van der Waals surface area contributed by atoms with Crippen molar-refractivity contribution in [2.24, 2.45) is 5.92 Å². The third kappa shape index (κ3) is 1.54. The summed E-state index contributed by atoms with van der Waals surface area (Å²) in [6.07, 6.45) is 5.42. The van der Waals surface area contributed by atoms with Gasteiger partial charge in [-0.15, -0.1) is 0 Å². The lowest BCUT2D eigenvalue weighted by atomic mass is 9.53. The van der Waals surface area contributed by atoms with E-state index in [1.807, 2.05) is 12.1 Å². The zero-order valence-corrected chi connectivity index (χ0v) is 14.8. The summed E-state index contributed by atoms with van der Waals surface area (Å²) in [4.78, 5) is 2.46. The summed E-state index contributed by atoms with van der Waals surface area (Å²) >= 11 is 3.75. The number of hydrogen-bond donors (Lipinski definition) is 1. The molecule has 2 aliphatic carbocycles. The molecule has 4 aliphatic rings. The maximum Gasteiger partial charge on any atom is 0.166 e. The van der Waals surface area contributed by atoms with Gasteiger partial charge in [0.25, 0.3) is 0 Å². The first-order chi connectivity index (χ1) is 11.1. The molecule has 0 radical (unpaired) electrons. The number of benzene rings is 1. The molecule has 0 amide bonds. The maximum atomic E-state index is 10.6. The molecule has 0 unspecified atom stereocenters. The summed E-state index contributed by atoms with van der Waals surface area (Å²) < 4.78 is 13.0. The Morgan fingerprint density at radius 1 is 1.43 bits per heavy atom. The minimum absolute atomic E-state index is 0.120. The van der Waals surface area contributed by atoms with Gasteiger partial charge in [0.1, 0.15) is 12.2 Å². The van der Waals surface area contributed by atoms with Crippen molar-refractivity contribution < 1.29 is 14.6 Å². The Labute approximate surface area is 144 Å². The number of nitrogens with zero attached hydrogens (tertiary/aromatic N) is 1. The lowest BCUT2D eigenvalue weighted by Gasteiger charge is -2.56. The normalized spacial score (nSPS) is 39.8. The Morgan fingerprint density at radius 3 is 3.04 bits per heavy atom. The van der Waals surface area contributed by atoms with Crippen LogP contribution >= 0.6 is 15.9 Å². The van der Waals surface area contributed by atoms with Gasteiger partial charge < -0.3 is 19.5 Å². The van der Waals surface area contributed by atoms with Crippen LogP contribution in [0.2, 0.25) is 0 Å². The molecular weight excluding hydrogens is 358 g/mol. The second kappa shape index (κ2) is 4.52. The van der Waals surface area contributed by atoms with Gasteiger partial charge in [0.05, 0.1) is 7.11 Å². The van der Waals surface area contributed by atoms with Crippen LogP contribution in [0, 0.1) is 5.92 Å². The molecule has 0 aromatic heterocycles. The van der Waals surface area contributed by atoms with Crippen LogP contribution in [0.3, 0.4) is 0 Å². The van der Waals surface area contributed by atoms with Gasteiger partial charge >= 0.3 is 0 Å². The Balaban J connectivity index is 1.85. The molecule has 5 atom stereocenters. The first-order valence-electron chi connectivity index (χ1n) is 8.21. The van der Waals surface area contributed by atoms with Gasteiger partial charge in [-0.3, -0.25) is 0 Å². The number of hydrogen-bond acceptors (Lipinski definition) is 4. The van der Waals surface area contributed by atoms with Crippen LogP contribution in [0.25, 0.3) is 0 Å². The van der Waals surface area contributed by atoms with E-state index >= 15 is 0 Å². The van der Waals surface area contributed by atoms with E-state index in [4.69, 9.17) is 9.47 Å². The predicted molar refractivity (Wildman–Crippen MR) is 90.2 cm³/mol. The number of aliphatic hydroxyl groups is 1. The highest BCUT2D eigenvalue weighted by Gasteiger charge is 2.64. The van der Waals surface area contributed by atoms with Crippen LogP contribution in [0.5, 0.6) is 11.5 Å². The van der Waals surface area contributed by atoms with Gasteiger partial charge in [0, 0.05) is 27.4 Å². The van der Waals surface area contributed by atoms with E-state index in [-0.39, 0.29) is 11.5 Å². The molecule has 1 saturated heterocycles. The average molecular weight is 378 g/mol. The van der Waals surface area contributed by atoms with Crippen LogP contribution in [0.1, 0.15) is 17.5 Å². The molecule has 1 aromatic carbocycles. The van der Waals surface area contributed by atoms with Crippen molar-refractivity contribution in [1.29, 1.82) is 0 Å². The highest BCUT2D eigenvalue weighted by atomic mass is 79.9. The molecular formula is C18H20BrNO3. The third-order valence-electron chi connectivity index (χ3n) is 6.43. The standard InChI is InChI=1S/C18H20BrNO3/c1-20-6-5-18-10-3-4-13(21)17(18)23-16-14(22-2)8-11(19)9(15(16)18)7-12(10)20/h3-4,8,10,12-13,17,21H,5-7H2,1-2H3/t10-,12+,13-,17-,18-/m0/s1. The summed E-state index contributed by atoms with van der Waals surface area (Å²) in [5.41, 5.74) is 2.50. The van der Waals surface area contributed by atoms with Crippen LogP contribution in [0.4, 0.5) is 0 Å². The lowest BCUT2D eigenvalue weighted by molar-refractivity contribution is -0.0454. The van der Waals surface area contributed by atoms with Crippen molar-refractivity contribution in [2.75, 3.05) is 20.7 Å². The molecule has 1 fully saturated rings. The quantitative estimate of drug-likeness (QED) is 0.762. The molecule has 1 aromatic rings. The van der Waals surface area contributed by atoms with Gasteiger partial charge in [-0.25, -0.2) is 0 Å². The van der Waals surface area contributed by atoms with E-state index in [2.05, 4.69) is 34.0 Å². The Morgan fingerprint density at radius 2 is 2.26 bits per heavy atom. The molecule has 1 N–H and O–H groups in total. The molecule has 2 bridgehead atoms. The summed E-state index contributed by atoms with van der Waals surface area (Å²) in [6, 6.07) is 2.47. The number of aliphatic hydroxyl groups excluding tert-OH is 1. The van der Waals surface area contributed by atoms with Crippen molar-refractivity contribution in [3.63, 3.8) is 0 Å². The minimum atomic E-state index is -0.558. The molecule has 2 aliphatic heterocycles. The largest absolute Gasteiger partial charge is 0.493 e. The smallest absolute Gasteiger partial charge is 0.166 e. The van der Waals surface area contributed by atoms with Crippen molar-refractivity contribution in [3.05, 3.63) is 33.8 Å². The first kappa shape index (κ1) is 14.3. The Bertz CT molecular complexity index is 733. The summed E-state index contributed by atoms with van der Waals surface area (Å²) in [5, 5.41) is 10.6. The van der Waals surface area contributed by atoms with E-state index in [1.54, 1.807) is 7.11 Å². The van der Waals surface area contributed by atoms with E-state index in [0.717, 1.165) is 35.4 Å². The maximum absolute atomic E-state index is 10.6. The Hall–Kier alpha value is -1.04. The van der Waals surface area contributed by atoms with Gasteiger partial charge in [-0.05, 0) is 38.1 Å². The zero-order chi connectivity index (χ0) is 15.9. The molecule has 0 saturated carbocycles. The molecule has 5 rings (SSSR count). The van der Waals surface area contributed by atoms with Crippen LogP contribution in [-0.4, -0.2) is 49.0 Å². The fourth-order valence-electron chi connectivity index (χ4n) is 5.42. The van der Waals surface area contributed by atoms with Crippen molar-refractivity contribution in [2.45, 2.75) is 36.5 Å². The molecule has 122 valence electrons. The lowest BCUT2D eigenvalue weighted by Crippen LogP contribution is -2.64. The number of likely N-dealkylation sites (tertiary alicyclic amines) is 1. The average Bonchev–Trinajstić information content (AvgIpc) is 2.89. The van der Waals surface area contributed by atoms with Crippen LogP contribution < -0.4 is 9.47 Å². The second-order valence-corrected chi connectivity index (χ2v) is 8.08. The Kier molecular flexibility index (Phi) is 2.82. The third-order valence-corrected chi connectivity index (χ3v) is 7.14. The zero-order valence-electron chi connectivity index (χ0n) is 13.3. The van der Waals surface area contributed by atoms with Crippen LogP contribution in [0.15, 0.2) is 22.7 Å². The number of ether oxygens (including phenoxy) is 2. The highest BCUT2D eigenvalue weighted by Crippen LogP contribution is 2.63. The number of piperidine rings is 1. The van der Waals surface area contributed by atoms with Crippen molar-refractivity contribution in [3.8, 4) is 11.5 Å². The fourth-order valence-corrected chi connectivity index (χ4v) is 5.99. The van der Waals surface area contributed by atoms with Crippen molar-refractivity contribution in [1.82, 2.24) is 4.90 Å². The van der Waals surface area contributed by atoms with Gasteiger partial charge in [-0.2, -0.15) is 0 Å². The van der Waals surface area contributed by atoms with E-state index in [1.165, 1.54) is 11.1 Å². The molecule has 23 heavy (non-hydrogen) atoms. The highest BCUT2D eigenvalue weighted by molar-refractivity contribution is 9.10. The van der Waals surface area contributed by atoms with Crippen LogP contribution in [-0.2, 0) is 11.8 Å². The van der Waals surface area contributed by atoms with Gasteiger partial charge in [0.15, 0.2) is 11.5 Å². The van der Waals surface area contributed by atoms with Gasteiger partial charge in [-0.1, -0.05) is 28.1 Å². The SMILES string of the molecule is COc1cc(Br)c2c3c1O[C@H]1[C@@H](O)C=C[C@H]4[C@@H](C2)N(C)CC[C@@]341. The summed E-state index contributed by atoms with van der Waals surface area (Å²) in [5.74, 6) is 2.01. The molecule has 5 heteroatoms. The van der Waals surface area contributed by atoms with Crippen molar-refractivity contribution >= 4 is 15.9 Å². The fraction of sp³-hybridized carbons (Fsp3) is 0.556. The van der Waals surface area contributed by atoms with E-state index in [0.29, 0.717) is 12.0 Å². The molecule has 4 nitrogen and oxygen atoms in total. The minimum Gasteiger partial charge on any atom is -0.493 e. The van der Waals surface area contributed by atoms with E-state index in [9.17, 15) is 5.11 Å². The number of rotatable bonds is 1. The summed E-state index contributed by atoms with van der Waals surface area (Å²) in [6.45, 7) is 1.04. The topological polar surface area (TPSA) is 41.9 Å². The predicted octanol–water partition coefficient (Wildman–Crippen LogP) is 2.26. The van der Waals surface area contributed by atoms with Gasteiger partial charge in [0.2, 0.25) is 0 Å². The molecule has 1 spiro atoms. The number of likely N-dealkylation sites (N-methyl/N-ethyl adjacent to an activating group) is 1. The molecule has 2 heterocycles. The van der Waals surface area contributed by atoms with E-state index < -0.39 is 6.10 Å².